The maximum absolute atomic E-state index is 11.9. The van der Waals surface area contributed by atoms with Crippen LogP contribution in [0.3, 0.4) is 0 Å². The lowest BCUT2D eigenvalue weighted by molar-refractivity contribution is -0.384. The van der Waals surface area contributed by atoms with Crippen LogP contribution >= 0.6 is 0 Å². The summed E-state index contributed by atoms with van der Waals surface area (Å²) in [4.78, 5) is 45.6. The van der Waals surface area contributed by atoms with Gasteiger partial charge in [0.05, 0.1) is 10.5 Å². The molecule has 0 radical (unpaired) electrons. The molecule has 0 saturated heterocycles. The number of hydrogen-bond acceptors (Lipinski definition) is 6. The number of carbonyl (C=O) groups is 3. The lowest BCUT2D eigenvalue weighted by Crippen LogP contribution is -2.46. The highest BCUT2D eigenvalue weighted by Crippen LogP contribution is 2.13. The topological polar surface area (TPSA) is 128 Å². The molecule has 0 spiro atoms. The number of hydrazine groups is 1. The second-order valence-corrected chi connectivity index (χ2v) is 5.16. The number of nitrogens with zero attached hydrogens (tertiary/aromatic N) is 1. The number of non-ortho nitro benzene ring substituents is 1. The molecule has 9 nitrogen and oxygen atoms in total. The van der Waals surface area contributed by atoms with Gasteiger partial charge in [-0.3, -0.25) is 30.6 Å². The molecular weight excluding hydrogens is 342 g/mol. The third-order valence-corrected chi connectivity index (χ3v) is 3.30. The summed E-state index contributed by atoms with van der Waals surface area (Å²) in [7, 11) is 0. The first-order chi connectivity index (χ1) is 12.4. The Morgan fingerprint density at radius 3 is 2.15 bits per heavy atom. The van der Waals surface area contributed by atoms with Crippen molar-refractivity contribution in [3.63, 3.8) is 0 Å². The van der Waals surface area contributed by atoms with Crippen LogP contribution in [0.2, 0.25) is 0 Å². The van der Waals surface area contributed by atoms with Crippen LogP contribution < -0.4 is 10.9 Å². The van der Waals surface area contributed by atoms with Gasteiger partial charge in [-0.2, -0.15) is 0 Å². The van der Waals surface area contributed by atoms with Crippen LogP contribution in [0.4, 0.5) is 5.69 Å². The molecule has 0 unspecified atom stereocenters. The van der Waals surface area contributed by atoms with Gasteiger partial charge < -0.3 is 4.74 Å². The fourth-order valence-corrected chi connectivity index (χ4v) is 1.88. The summed E-state index contributed by atoms with van der Waals surface area (Å²) < 4.78 is 4.96. The number of ether oxygens (including phenoxy) is 1. The van der Waals surface area contributed by atoms with Crippen LogP contribution in [-0.2, 0) is 9.53 Å². The monoisotopic (exact) mass is 357 g/mol. The first-order valence-electron chi connectivity index (χ1n) is 7.49. The predicted octanol–water partition coefficient (Wildman–Crippen LogP) is 1.60. The van der Waals surface area contributed by atoms with E-state index in [1.54, 1.807) is 30.3 Å². The van der Waals surface area contributed by atoms with Gasteiger partial charge >= 0.3 is 5.97 Å². The summed E-state index contributed by atoms with van der Waals surface area (Å²) in [6.45, 7) is 1.33. The molecule has 1 atom stereocenters. The van der Waals surface area contributed by atoms with Crippen molar-refractivity contribution in [1.82, 2.24) is 10.9 Å². The van der Waals surface area contributed by atoms with Crippen LogP contribution in [0.25, 0.3) is 0 Å². The van der Waals surface area contributed by atoms with Crippen molar-refractivity contribution in [2.45, 2.75) is 13.0 Å². The summed E-state index contributed by atoms with van der Waals surface area (Å²) >= 11 is 0. The number of nitrogens with one attached hydrogen (secondary N) is 2. The Hall–Kier alpha value is -3.75. The number of benzene rings is 2. The third kappa shape index (κ3) is 4.87. The minimum absolute atomic E-state index is 0.0589. The molecule has 0 heterocycles. The molecule has 0 bridgehead atoms. The van der Waals surface area contributed by atoms with Gasteiger partial charge in [0.25, 0.3) is 17.5 Å². The Morgan fingerprint density at radius 2 is 1.58 bits per heavy atom. The van der Waals surface area contributed by atoms with Crippen LogP contribution in [0.15, 0.2) is 54.6 Å². The zero-order valence-corrected chi connectivity index (χ0v) is 13.7. The molecule has 0 aromatic heterocycles. The average molecular weight is 357 g/mol. The summed E-state index contributed by atoms with van der Waals surface area (Å²) in [6, 6.07) is 13.0. The number of nitro benzene ring substituents is 1. The van der Waals surface area contributed by atoms with E-state index in [4.69, 9.17) is 4.74 Å². The average Bonchev–Trinajstić information content (AvgIpc) is 2.66. The van der Waals surface area contributed by atoms with Crippen LogP contribution in [0.5, 0.6) is 0 Å². The quantitative estimate of drug-likeness (QED) is 0.475. The van der Waals surface area contributed by atoms with E-state index in [1.165, 1.54) is 19.1 Å². The van der Waals surface area contributed by atoms with E-state index in [0.29, 0.717) is 5.56 Å². The zero-order chi connectivity index (χ0) is 19.1. The van der Waals surface area contributed by atoms with Gasteiger partial charge in [0, 0.05) is 17.7 Å². The number of carbonyl (C=O) groups excluding carboxylic acids is 3. The maximum Gasteiger partial charge on any atom is 0.338 e. The fraction of sp³-hybridized carbons (Fsp3) is 0.118. The van der Waals surface area contributed by atoms with E-state index in [9.17, 15) is 24.5 Å². The van der Waals surface area contributed by atoms with Crippen molar-refractivity contribution < 1.29 is 24.0 Å². The molecule has 2 rings (SSSR count). The molecule has 9 heteroatoms. The Bertz CT molecular complexity index is 820. The van der Waals surface area contributed by atoms with Crippen LogP contribution in [0.1, 0.15) is 27.6 Å². The first-order valence-corrected chi connectivity index (χ1v) is 7.49. The number of rotatable bonds is 5. The fourth-order valence-electron chi connectivity index (χ4n) is 1.88. The van der Waals surface area contributed by atoms with E-state index in [2.05, 4.69) is 10.9 Å². The van der Waals surface area contributed by atoms with Gasteiger partial charge in [0.15, 0.2) is 6.10 Å². The summed E-state index contributed by atoms with van der Waals surface area (Å²) in [5, 5.41) is 10.6. The highest BCUT2D eigenvalue weighted by molar-refractivity contribution is 5.96. The third-order valence-electron chi connectivity index (χ3n) is 3.30. The predicted molar refractivity (Wildman–Crippen MR) is 90.0 cm³/mol. The smallest absolute Gasteiger partial charge is 0.338 e. The van der Waals surface area contributed by atoms with Crippen LogP contribution in [0, 0.1) is 10.1 Å². The lowest BCUT2D eigenvalue weighted by Gasteiger charge is -2.14. The molecule has 2 amide bonds. The molecule has 0 aliphatic carbocycles. The molecule has 134 valence electrons. The first kappa shape index (κ1) is 18.6. The molecule has 0 aliphatic rings. The van der Waals surface area contributed by atoms with Crippen molar-refractivity contribution in [2.24, 2.45) is 0 Å². The summed E-state index contributed by atoms with van der Waals surface area (Å²) in [5.41, 5.74) is 4.60. The number of amides is 2. The van der Waals surface area contributed by atoms with Gasteiger partial charge in [-0.1, -0.05) is 18.2 Å². The summed E-state index contributed by atoms with van der Waals surface area (Å²) in [5.74, 6) is -2.07. The standard InChI is InChI=1S/C17H15N3O6/c1-11(15(21)18-19-16(22)12-5-3-2-4-6-12)26-17(23)13-7-9-14(10-8-13)20(24)25/h2-11H,1H3,(H,18,21)(H,19,22)/t11-/m0/s1. The van der Waals surface area contributed by atoms with Crippen molar-refractivity contribution in [3.05, 3.63) is 75.8 Å². The van der Waals surface area contributed by atoms with Gasteiger partial charge in [-0.05, 0) is 31.2 Å². The molecule has 26 heavy (non-hydrogen) atoms. The Morgan fingerprint density at radius 1 is 0.962 bits per heavy atom. The van der Waals surface area contributed by atoms with E-state index in [1.807, 2.05) is 0 Å². The van der Waals surface area contributed by atoms with E-state index in [-0.39, 0.29) is 11.3 Å². The van der Waals surface area contributed by atoms with Gasteiger partial charge in [-0.15, -0.1) is 0 Å². The normalized spacial score (nSPS) is 11.1. The second-order valence-electron chi connectivity index (χ2n) is 5.16. The number of esters is 1. The Labute approximate surface area is 148 Å². The number of nitro groups is 1. The minimum atomic E-state index is -1.19. The van der Waals surface area contributed by atoms with E-state index in [0.717, 1.165) is 12.1 Å². The van der Waals surface area contributed by atoms with Gasteiger partial charge in [0.2, 0.25) is 0 Å². The molecule has 2 aromatic rings. The minimum Gasteiger partial charge on any atom is -0.449 e. The van der Waals surface area contributed by atoms with Crippen LogP contribution in [-0.4, -0.2) is 28.8 Å². The van der Waals surface area contributed by atoms with Crippen molar-refractivity contribution in [2.75, 3.05) is 0 Å². The SMILES string of the molecule is C[C@H](OC(=O)c1ccc([N+](=O)[O-])cc1)C(=O)NNC(=O)c1ccccc1. The molecule has 2 aromatic carbocycles. The highest BCUT2D eigenvalue weighted by atomic mass is 16.6. The second kappa shape index (κ2) is 8.38. The van der Waals surface area contributed by atoms with E-state index < -0.39 is 28.8 Å². The molecular formula is C17H15N3O6. The van der Waals surface area contributed by atoms with Gasteiger partial charge in [0.1, 0.15) is 0 Å². The Balaban J connectivity index is 1.87. The lowest BCUT2D eigenvalue weighted by atomic mass is 10.2. The highest BCUT2D eigenvalue weighted by Gasteiger charge is 2.20. The molecule has 0 aliphatic heterocycles. The van der Waals surface area contributed by atoms with Crippen molar-refractivity contribution in [3.8, 4) is 0 Å². The molecule has 0 saturated carbocycles. The van der Waals surface area contributed by atoms with Crippen molar-refractivity contribution >= 4 is 23.5 Å². The van der Waals surface area contributed by atoms with Crippen molar-refractivity contribution in [1.29, 1.82) is 0 Å². The zero-order valence-electron chi connectivity index (χ0n) is 13.7. The van der Waals surface area contributed by atoms with E-state index >= 15 is 0 Å². The molecule has 0 fully saturated rings. The largest absolute Gasteiger partial charge is 0.449 e. The maximum atomic E-state index is 11.9. The van der Waals surface area contributed by atoms with Gasteiger partial charge in [-0.25, -0.2) is 4.79 Å². The Kier molecular flexibility index (Phi) is 5.99. The summed E-state index contributed by atoms with van der Waals surface area (Å²) in [6.07, 6.45) is -1.19. The molecule has 2 N–H and O–H groups in total. The number of hydrogen-bond donors (Lipinski definition) is 2.